The molecule has 2 unspecified atom stereocenters. The maximum absolute atomic E-state index is 12.7. The number of carbonyl (C=O) groups excluding carboxylic acids is 1. The van der Waals surface area contributed by atoms with Crippen LogP contribution in [0.4, 0.5) is 13.2 Å². The number of nitrogens with one attached hydrogen (secondary N) is 1. The molecule has 1 aliphatic rings. The van der Waals surface area contributed by atoms with E-state index in [0.29, 0.717) is 5.56 Å². The van der Waals surface area contributed by atoms with Gasteiger partial charge in [-0.2, -0.15) is 13.2 Å². The summed E-state index contributed by atoms with van der Waals surface area (Å²) in [7, 11) is 0. The Hall–Kier alpha value is -1.56. The summed E-state index contributed by atoms with van der Waals surface area (Å²) in [5.74, 6) is -0.520. The van der Waals surface area contributed by atoms with Crippen LogP contribution in [0.25, 0.3) is 0 Å². The molecule has 2 atom stereocenters. The van der Waals surface area contributed by atoms with Gasteiger partial charge in [-0.3, -0.25) is 10.1 Å². The molecule has 0 spiro atoms. The van der Waals surface area contributed by atoms with Crippen LogP contribution in [0.3, 0.4) is 0 Å². The third-order valence-corrected chi connectivity index (χ3v) is 3.45. The van der Waals surface area contributed by atoms with E-state index in [9.17, 15) is 18.0 Å². The Kier molecular flexibility index (Phi) is 3.77. The average molecular weight is 286 g/mol. The van der Waals surface area contributed by atoms with Gasteiger partial charge >= 0.3 is 6.18 Å². The van der Waals surface area contributed by atoms with Gasteiger partial charge in [0.2, 0.25) is 5.91 Å². The quantitative estimate of drug-likeness (QED) is 0.906. The molecular formula is C14H17F3N2O. The number of alkyl halides is 3. The zero-order chi connectivity index (χ0) is 15.1. The fourth-order valence-corrected chi connectivity index (χ4v) is 2.45. The highest BCUT2D eigenvalue weighted by atomic mass is 19.4. The van der Waals surface area contributed by atoms with Gasteiger partial charge in [0, 0.05) is 0 Å². The lowest BCUT2D eigenvalue weighted by Crippen LogP contribution is -2.38. The number of aryl methyl sites for hydroxylation is 2. The zero-order valence-corrected chi connectivity index (χ0v) is 11.6. The molecular weight excluding hydrogens is 269 g/mol. The molecule has 1 fully saturated rings. The zero-order valence-electron chi connectivity index (χ0n) is 11.6. The second-order valence-corrected chi connectivity index (χ2v) is 5.23. The van der Waals surface area contributed by atoms with Crippen molar-refractivity contribution < 1.29 is 18.0 Å². The monoisotopic (exact) mass is 286 g/mol. The number of benzene rings is 1. The number of hydrogen-bond donors (Lipinski definition) is 1. The summed E-state index contributed by atoms with van der Waals surface area (Å²) in [6.07, 6.45) is -5.13. The van der Waals surface area contributed by atoms with Gasteiger partial charge in [0.1, 0.15) is 12.7 Å². The van der Waals surface area contributed by atoms with Crippen molar-refractivity contribution in [2.45, 2.75) is 39.2 Å². The molecule has 0 aromatic heterocycles. The van der Waals surface area contributed by atoms with Crippen molar-refractivity contribution in [2.24, 2.45) is 0 Å². The standard InChI is InChI=1S/C14H17F3N2O/c1-8-4-5-9(2)11(6-8)12-18-10(3)13(20)19(12)7-14(15,16)17/h4-6,10,12,18H,7H2,1-3H3. The molecule has 1 heterocycles. The first-order valence-corrected chi connectivity index (χ1v) is 6.39. The van der Waals surface area contributed by atoms with Crippen LogP contribution in [0, 0.1) is 13.8 Å². The van der Waals surface area contributed by atoms with Crippen LogP contribution in [0.15, 0.2) is 18.2 Å². The fourth-order valence-electron chi connectivity index (χ4n) is 2.45. The van der Waals surface area contributed by atoms with E-state index >= 15 is 0 Å². The van der Waals surface area contributed by atoms with Gasteiger partial charge in [0.05, 0.1) is 6.04 Å². The van der Waals surface area contributed by atoms with Crippen LogP contribution in [0.2, 0.25) is 0 Å². The van der Waals surface area contributed by atoms with Crippen LogP contribution in [0.5, 0.6) is 0 Å². The van der Waals surface area contributed by atoms with E-state index in [4.69, 9.17) is 0 Å². The minimum atomic E-state index is -4.41. The number of nitrogens with zero attached hydrogens (tertiary/aromatic N) is 1. The Morgan fingerprint density at radius 3 is 2.55 bits per heavy atom. The molecule has 1 aromatic carbocycles. The summed E-state index contributed by atoms with van der Waals surface area (Å²) in [6, 6.07) is 4.96. The maximum atomic E-state index is 12.7. The topological polar surface area (TPSA) is 32.3 Å². The van der Waals surface area contributed by atoms with E-state index in [-0.39, 0.29) is 0 Å². The first kappa shape index (κ1) is 14.8. The van der Waals surface area contributed by atoms with Crippen LogP contribution in [-0.2, 0) is 4.79 Å². The van der Waals surface area contributed by atoms with Crippen molar-refractivity contribution in [1.29, 1.82) is 0 Å². The molecule has 1 aromatic rings. The minimum Gasteiger partial charge on any atom is -0.312 e. The molecule has 20 heavy (non-hydrogen) atoms. The molecule has 0 radical (unpaired) electrons. The number of hydrogen-bond acceptors (Lipinski definition) is 2. The molecule has 0 aliphatic carbocycles. The summed E-state index contributed by atoms with van der Waals surface area (Å²) in [6.45, 7) is 4.05. The van der Waals surface area contributed by atoms with Crippen molar-refractivity contribution in [2.75, 3.05) is 6.54 Å². The first-order chi connectivity index (χ1) is 9.19. The highest BCUT2D eigenvalue weighted by molar-refractivity contribution is 5.84. The SMILES string of the molecule is Cc1ccc(C)c(C2NC(C)C(=O)N2CC(F)(F)F)c1. The molecule has 2 rings (SSSR count). The first-order valence-electron chi connectivity index (χ1n) is 6.39. The highest BCUT2D eigenvalue weighted by Gasteiger charge is 2.43. The lowest BCUT2D eigenvalue weighted by Gasteiger charge is -2.27. The van der Waals surface area contributed by atoms with Crippen LogP contribution in [-0.4, -0.2) is 29.6 Å². The third-order valence-electron chi connectivity index (χ3n) is 3.45. The van der Waals surface area contributed by atoms with Gasteiger partial charge in [-0.25, -0.2) is 0 Å². The lowest BCUT2D eigenvalue weighted by atomic mass is 10.0. The second-order valence-electron chi connectivity index (χ2n) is 5.23. The summed E-state index contributed by atoms with van der Waals surface area (Å²) >= 11 is 0. The Balaban J connectivity index is 2.37. The second kappa shape index (κ2) is 5.09. The Morgan fingerprint density at radius 1 is 1.30 bits per heavy atom. The summed E-state index contributed by atoms with van der Waals surface area (Å²) in [5, 5.41) is 2.94. The molecule has 3 nitrogen and oxygen atoms in total. The Morgan fingerprint density at radius 2 is 1.95 bits per heavy atom. The van der Waals surface area contributed by atoms with Crippen molar-refractivity contribution in [3.63, 3.8) is 0 Å². The number of carbonyl (C=O) groups is 1. The van der Waals surface area contributed by atoms with E-state index in [1.165, 1.54) is 0 Å². The van der Waals surface area contributed by atoms with Crippen LogP contribution in [0.1, 0.15) is 29.8 Å². The van der Waals surface area contributed by atoms with E-state index < -0.39 is 30.8 Å². The molecule has 6 heteroatoms. The normalized spacial score (nSPS) is 23.5. The molecule has 0 saturated carbocycles. The van der Waals surface area contributed by atoms with Gasteiger partial charge in [-0.05, 0) is 31.9 Å². The summed E-state index contributed by atoms with van der Waals surface area (Å²) in [5.41, 5.74) is 2.53. The van der Waals surface area contributed by atoms with Crippen molar-refractivity contribution >= 4 is 5.91 Å². The molecule has 1 saturated heterocycles. The molecule has 1 N–H and O–H groups in total. The van der Waals surface area contributed by atoms with E-state index in [1.54, 1.807) is 6.92 Å². The average Bonchev–Trinajstić information content (AvgIpc) is 2.59. The molecule has 0 bridgehead atoms. The number of amides is 1. The van der Waals surface area contributed by atoms with Gasteiger partial charge in [0.15, 0.2) is 0 Å². The van der Waals surface area contributed by atoms with Gasteiger partial charge in [-0.1, -0.05) is 23.8 Å². The number of rotatable bonds is 2. The van der Waals surface area contributed by atoms with E-state index in [2.05, 4.69) is 5.32 Å². The Labute approximate surface area is 115 Å². The summed E-state index contributed by atoms with van der Waals surface area (Å²) in [4.78, 5) is 12.8. The van der Waals surface area contributed by atoms with Gasteiger partial charge in [0.25, 0.3) is 0 Å². The minimum absolute atomic E-state index is 0.520. The van der Waals surface area contributed by atoms with Crippen molar-refractivity contribution in [3.8, 4) is 0 Å². The Bertz CT molecular complexity index is 528. The molecule has 1 amide bonds. The van der Waals surface area contributed by atoms with Crippen molar-refractivity contribution in [3.05, 3.63) is 34.9 Å². The summed E-state index contributed by atoms with van der Waals surface area (Å²) < 4.78 is 38.0. The van der Waals surface area contributed by atoms with Crippen molar-refractivity contribution in [1.82, 2.24) is 10.2 Å². The molecule has 110 valence electrons. The third kappa shape index (κ3) is 2.95. The predicted octanol–water partition coefficient (Wildman–Crippen LogP) is 2.68. The van der Waals surface area contributed by atoms with Crippen LogP contribution >= 0.6 is 0 Å². The largest absolute Gasteiger partial charge is 0.406 e. The van der Waals surface area contributed by atoms with Gasteiger partial charge < -0.3 is 4.90 Å². The van der Waals surface area contributed by atoms with Gasteiger partial charge in [-0.15, -0.1) is 0 Å². The maximum Gasteiger partial charge on any atom is 0.406 e. The van der Waals surface area contributed by atoms with E-state index in [1.807, 2.05) is 32.0 Å². The van der Waals surface area contributed by atoms with E-state index in [0.717, 1.165) is 16.0 Å². The molecule has 1 aliphatic heterocycles. The smallest absolute Gasteiger partial charge is 0.312 e. The van der Waals surface area contributed by atoms with Crippen LogP contribution < -0.4 is 5.32 Å². The fraction of sp³-hybridized carbons (Fsp3) is 0.500. The predicted molar refractivity (Wildman–Crippen MR) is 69.0 cm³/mol. The highest BCUT2D eigenvalue weighted by Crippen LogP contribution is 2.31. The number of halogens is 3. The lowest BCUT2D eigenvalue weighted by molar-refractivity contribution is -0.161.